The van der Waals surface area contributed by atoms with Gasteiger partial charge in [-0.05, 0) is 55.1 Å². The standard InChI is InChI=1S/C19H22N2O.ClH/c1-22-15-10-11-18-17(13-15)16(9-5-6-12-20)19(21-18)14-7-3-2-4-8-14;/h2-4,7-8,10-11,13,21H,5-6,9,12,20H2,1H3;1H. The molecule has 3 rings (SSSR count). The summed E-state index contributed by atoms with van der Waals surface area (Å²) in [6, 6.07) is 16.7. The summed E-state index contributed by atoms with van der Waals surface area (Å²) in [4.78, 5) is 3.57. The molecule has 2 aromatic carbocycles. The first-order valence-electron chi connectivity index (χ1n) is 7.77. The highest BCUT2D eigenvalue weighted by Crippen LogP contribution is 2.33. The minimum Gasteiger partial charge on any atom is -0.497 e. The number of nitrogens with two attached hydrogens (primary N) is 1. The van der Waals surface area contributed by atoms with E-state index in [0.717, 1.165) is 37.1 Å². The van der Waals surface area contributed by atoms with Crippen LogP contribution in [0.3, 0.4) is 0 Å². The first-order valence-corrected chi connectivity index (χ1v) is 7.77. The smallest absolute Gasteiger partial charge is 0.119 e. The van der Waals surface area contributed by atoms with E-state index < -0.39 is 0 Å². The molecule has 0 amide bonds. The van der Waals surface area contributed by atoms with Crippen LogP contribution in [0.2, 0.25) is 0 Å². The molecule has 3 aromatic rings. The minimum absolute atomic E-state index is 0. The molecule has 0 atom stereocenters. The lowest BCUT2D eigenvalue weighted by Gasteiger charge is -2.05. The fraction of sp³-hybridized carbons (Fsp3) is 0.263. The highest BCUT2D eigenvalue weighted by molar-refractivity contribution is 5.91. The number of aromatic amines is 1. The molecule has 23 heavy (non-hydrogen) atoms. The van der Waals surface area contributed by atoms with Crippen LogP contribution in [-0.2, 0) is 6.42 Å². The molecule has 0 aliphatic rings. The van der Waals surface area contributed by atoms with Gasteiger partial charge in [0.2, 0.25) is 0 Å². The van der Waals surface area contributed by atoms with E-state index in [-0.39, 0.29) is 12.4 Å². The van der Waals surface area contributed by atoms with Gasteiger partial charge >= 0.3 is 0 Å². The van der Waals surface area contributed by atoms with E-state index >= 15 is 0 Å². The molecule has 0 aliphatic heterocycles. The van der Waals surface area contributed by atoms with E-state index in [2.05, 4.69) is 41.4 Å². The fourth-order valence-electron chi connectivity index (χ4n) is 2.91. The zero-order valence-corrected chi connectivity index (χ0v) is 14.2. The van der Waals surface area contributed by atoms with Crippen LogP contribution in [0.25, 0.3) is 22.2 Å². The number of aryl methyl sites for hydroxylation is 1. The second kappa shape index (κ2) is 8.04. The number of aromatic nitrogens is 1. The molecule has 0 aliphatic carbocycles. The van der Waals surface area contributed by atoms with Crippen LogP contribution in [-0.4, -0.2) is 18.6 Å². The largest absolute Gasteiger partial charge is 0.497 e. The molecule has 1 aromatic heterocycles. The van der Waals surface area contributed by atoms with Gasteiger partial charge in [-0.1, -0.05) is 30.3 Å². The number of unbranched alkanes of at least 4 members (excludes halogenated alkanes) is 1. The number of methoxy groups -OCH3 is 1. The number of benzene rings is 2. The summed E-state index contributed by atoms with van der Waals surface area (Å²) in [5.74, 6) is 0.895. The van der Waals surface area contributed by atoms with Crippen molar-refractivity contribution in [3.05, 3.63) is 54.1 Å². The third kappa shape index (κ3) is 3.69. The number of ether oxygens (including phenoxy) is 1. The van der Waals surface area contributed by atoms with Crippen molar-refractivity contribution in [1.82, 2.24) is 4.98 Å². The van der Waals surface area contributed by atoms with Crippen LogP contribution in [0, 0.1) is 0 Å². The van der Waals surface area contributed by atoms with Crippen molar-refractivity contribution in [2.24, 2.45) is 5.73 Å². The van der Waals surface area contributed by atoms with Crippen LogP contribution >= 0.6 is 12.4 Å². The highest BCUT2D eigenvalue weighted by Gasteiger charge is 2.13. The van der Waals surface area contributed by atoms with Crippen LogP contribution in [0.4, 0.5) is 0 Å². The van der Waals surface area contributed by atoms with Crippen molar-refractivity contribution in [2.45, 2.75) is 19.3 Å². The number of rotatable bonds is 6. The van der Waals surface area contributed by atoms with Crippen molar-refractivity contribution in [3.8, 4) is 17.0 Å². The average molecular weight is 331 g/mol. The van der Waals surface area contributed by atoms with Gasteiger partial charge in [0, 0.05) is 16.6 Å². The summed E-state index contributed by atoms with van der Waals surface area (Å²) in [5.41, 5.74) is 10.6. The summed E-state index contributed by atoms with van der Waals surface area (Å²) in [6.07, 6.45) is 3.17. The van der Waals surface area contributed by atoms with Crippen molar-refractivity contribution >= 4 is 23.3 Å². The van der Waals surface area contributed by atoms with Crippen molar-refractivity contribution in [1.29, 1.82) is 0 Å². The number of hydrogen-bond donors (Lipinski definition) is 2. The fourth-order valence-corrected chi connectivity index (χ4v) is 2.91. The van der Waals surface area contributed by atoms with E-state index in [1.807, 2.05) is 12.1 Å². The maximum atomic E-state index is 5.65. The average Bonchev–Trinajstić information content (AvgIpc) is 2.94. The summed E-state index contributed by atoms with van der Waals surface area (Å²) >= 11 is 0. The second-order valence-electron chi connectivity index (χ2n) is 5.50. The Morgan fingerprint density at radius 3 is 2.52 bits per heavy atom. The molecule has 122 valence electrons. The predicted molar refractivity (Wildman–Crippen MR) is 99.5 cm³/mol. The van der Waals surface area contributed by atoms with Crippen LogP contribution < -0.4 is 10.5 Å². The van der Waals surface area contributed by atoms with Gasteiger partial charge in [0.1, 0.15) is 5.75 Å². The first kappa shape index (κ1) is 17.4. The molecule has 0 spiro atoms. The summed E-state index contributed by atoms with van der Waals surface area (Å²) in [7, 11) is 1.71. The number of hydrogen-bond acceptors (Lipinski definition) is 2. The predicted octanol–water partition coefficient (Wildman–Crippen LogP) is 4.55. The second-order valence-corrected chi connectivity index (χ2v) is 5.50. The minimum atomic E-state index is 0. The van der Waals surface area contributed by atoms with Gasteiger partial charge in [0.15, 0.2) is 0 Å². The Bertz CT molecular complexity index is 753. The van der Waals surface area contributed by atoms with Gasteiger partial charge in [0.05, 0.1) is 7.11 Å². The summed E-state index contributed by atoms with van der Waals surface area (Å²) < 4.78 is 5.38. The van der Waals surface area contributed by atoms with E-state index in [4.69, 9.17) is 10.5 Å². The third-order valence-corrected chi connectivity index (χ3v) is 4.06. The number of nitrogens with one attached hydrogen (secondary N) is 1. The summed E-state index contributed by atoms with van der Waals surface area (Å²) in [6.45, 7) is 0.742. The first-order chi connectivity index (χ1) is 10.8. The lowest BCUT2D eigenvalue weighted by molar-refractivity contribution is 0.415. The third-order valence-electron chi connectivity index (χ3n) is 4.06. The van der Waals surface area contributed by atoms with Gasteiger partial charge in [0.25, 0.3) is 0 Å². The highest BCUT2D eigenvalue weighted by atomic mass is 35.5. The molecular formula is C19H23ClN2O. The molecule has 1 heterocycles. The normalized spacial score (nSPS) is 10.5. The molecule has 0 bridgehead atoms. The quantitative estimate of drug-likeness (QED) is 0.651. The molecule has 0 radical (unpaired) electrons. The maximum absolute atomic E-state index is 5.65. The van der Waals surface area contributed by atoms with Gasteiger partial charge < -0.3 is 15.5 Å². The molecular weight excluding hydrogens is 308 g/mol. The topological polar surface area (TPSA) is 51.0 Å². The van der Waals surface area contributed by atoms with Crippen molar-refractivity contribution in [3.63, 3.8) is 0 Å². The Kier molecular flexibility index (Phi) is 6.08. The molecule has 3 nitrogen and oxygen atoms in total. The van der Waals surface area contributed by atoms with E-state index in [0.29, 0.717) is 0 Å². The zero-order chi connectivity index (χ0) is 15.4. The monoisotopic (exact) mass is 330 g/mol. The van der Waals surface area contributed by atoms with Crippen LogP contribution in [0.15, 0.2) is 48.5 Å². The zero-order valence-electron chi connectivity index (χ0n) is 13.3. The van der Waals surface area contributed by atoms with Crippen LogP contribution in [0.1, 0.15) is 18.4 Å². The summed E-state index contributed by atoms with van der Waals surface area (Å²) in [5, 5.41) is 1.25. The number of halogens is 1. The molecule has 3 N–H and O–H groups in total. The molecule has 0 fully saturated rings. The van der Waals surface area contributed by atoms with Gasteiger partial charge in [-0.2, -0.15) is 0 Å². The van der Waals surface area contributed by atoms with Gasteiger partial charge in [-0.25, -0.2) is 0 Å². The number of fused-ring (bicyclic) bond motifs is 1. The molecule has 0 saturated carbocycles. The van der Waals surface area contributed by atoms with E-state index in [1.165, 1.54) is 22.2 Å². The van der Waals surface area contributed by atoms with Gasteiger partial charge in [-0.3, -0.25) is 0 Å². The Labute approximate surface area is 143 Å². The van der Waals surface area contributed by atoms with Crippen molar-refractivity contribution < 1.29 is 4.74 Å². The van der Waals surface area contributed by atoms with Crippen LogP contribution in [0.5, 0.6) is 5.75 Å². The SMILES string of the molecule is COc1ccc2[nH]c(-c3ccccc3)c(CCCCN)c2c1.Cl. The van der Waals surface area contributed by atoms with Crippen molar-refractivity contribution in [2.75, 3.05) is 13.7 Å². The Balaban J connectivity index is 0.00000192. The molecule has 0 saturated heterocycles. The Morgan fingerprint density at radius 1 is 1.04 bits per heavy atom. The lowest BCUT2D eigenvalue weighted by Crippen LogP contribution is -1.99. The number of H-pyrrole nitrogens is 1. The van der Waals surface area contributed by atoms with E-state index in [1.54, 1.807) is 7.11 Å². The molecule has 0 unspecified atom stereocenters. The molecule has 4 heteroatoms. The maximum Gasteiger partial charge on any atom is 0.119 e. The lowest BCUT2D eigenvalue weighted by atomic mass is 10.0. The Hall–Kier alpha value is -1.97. The van der Waals surface area contributed by atoms with E-state index in [9.17, 15) is 0 Å². The van der Waals surface area contributed by atoms with Gasteiger partial charge in [-0.15, -0.1) is 12.4 Å². The Morgan fingerprint density at radius 2 is 1.83 bits per heavy atom.